The van der Waals surface area contributed by atoms with Gasteiger partial charge in [0.05, 0.1) is 50.4 Å². The molecule has 1 aromatic heterocycles. The van der Waals surface area contributed by atoms with Gasteiger partial charge in [0.2, 0.25) is 17.7 Å². The number of aromatic nitrogens is 1. The normalized spacial score (nSPS) is 14.6. The minimum Gasteiger partial charge on any atom is -0.387 e. The van der Waals surface area contributed by atoms with Gasteiger partial charge in [-0.25, -0.2) is 4.99 Å². The van der Waals surface area contributed by atoms with Crippen LogP contribution in [0.25, 0.3) is 6.08 Å². The summed E-state index contributed by atoms with van der Waals surface area (Å²) in [5.41, 5.74) is 9.66. The lowest BCUT2D eigenvalue weighted by atomic mass is 10.0. The summed E-state index contributed by atoms with van der Waals surface area (Å²) in [6.07, 6.45) is 7.94. The van der Waals surface area contributed by atoms with Crippen molar-refractivity contribution in [3.8, 4) is 0 Å². The standard InChI is InChI=1S/C40H48N8O9/c1-3-12-46(13-4-2)40(55)28-19-26-5-6-27(21-32(26)45-33(41)22-28)38(53)39(54)44-30-20-29-24-47(14-9-31(29)43-23-30)35(50)10-15-56-17-18-57-16-11-42-34(49)25-48-36(51)7-8-37(48)52/h5-8,19-21,23H,3-4,9-18,22,24-25H2,1-2H3,(H2,41,45)(H,42,49)(H,44,54). The second-order valence-corrected chi connectivity index (χ2v) is 13.6. The Hall–Kier alpha value is -6.07. The van der Waals surface area contributed by atoms with E-state index >= 15 is 0 Å². The van der Waals surface area contributed by atoms with Gasteiger partial charge in [0.15, 0.2) is 0 Å². The molecule has 0 unspecified atom stereocenters. The maximum absolute atomic E-state index is 13.3. The van der Waals surface area contributed by atoms with E-state index in [-0.39, 0.29) is 82.1 Å². The monoisotopic (exact) mass is 784 g/mol. The van der Waals surface area contributed by atoms with Crippen molar-refractivity contribution < 1.29 is 43.0 Å². The van der Waals surface area contributed by atoms with Gasteiger partial charge in [0.1, 0.15) is 12.4 Å². The van der Waals surface area contributed by atoms with Gasteiger partial charge in [0.25, 0.3) is 23.5 Å². The van der Waals surface area contributed by atoms with Gasteiger partial charge in [-0.2, -0.15) is 0 Å². The first-order valence-corrected chi connectivity index (χ1v) is 19.0. The van der Waals surface area contributed by atoms with Gasteiger partial charge in [-0.05, 0) is 36.6 Å². The van der Waals surface area contributed by atoms with Crippen LogP contribution in [0.4, 0.5) is 11.4 Å². The van der Waals surface area contributed by atoms with Gasteiger partial charge in [-0.1, -0.05) is 26.0 Å². The first-order valence-electron chi connectivity index (χ1n) is 19.0. The summed E-state index contributed by atoms with van der Waals surface area (Å²) < 4.78 is 11.0. The highest BCUT2D eigenvalue weighted by atomic mass is 16.5. The molecule has 17 heteroatoms. The average molecular weight is 785 g/mol. The van der Waals surface area contributed by atoms with Gasteiger partial charge < -0.3 is 35.6 Å². The van der Waals surface area contributed by atoms with Crippen LogP contribution >= 0.6 is 0 Å². The summed E-state index contributed by atoms with van der Waals surface area (Å²) in [7, 11) is 0. The molecule has 0 fully saturated rings. The highest BCUT2D eigenvalue weighted by molar-refractivity contribution is 6.46. The number of aliphatic imine (C=N–C) groups is 1. The van der Waals surface area contributed by atoms with Crippen LogP contribution in [-0.2, 0) is 51.2 Å². The average Bonchev–Trinajstić information content (AvgIpc) is 3.40. The summed E-state index contributed by atoms with van der Waals surface area (Å²) in [5.74, 6) is -3.18. The number of hydrogen-bond donors (Lipinski definition) is 3. The molecule has 0 radical (unpaired) electrons. The van der Waals surface area contributed by atoms with Gasteiger partial charge in [-0.3, -0.25) is 43.4 Å². The molecule has 3 aliphatic heterocycles. The van der Waals surface area contributed by atoms with E-state index in [0.29, 0.717) is 48.6 Å². The van der Waals surface area contributed by atoms with Crippen LogP contribution in [0.15, 0.2) is 53.2 Å². The number of ether oxygens (including phenoxy) is 2. The van der Waals surface area contributed by atoms with E-state index < -0.39 is 29.4 Å². The lowest BCUT2D eigenvalue weighted by Gasteiger charge is -2.28. The number of fused-ring (bicyclic) bond motifs is 2. The quantitative estimate of drug-likeness (QED) is 0.0805. The maximum atomic E-state index is 13.3. The first kappa shape index (κ1) is 42.1. The fraction of sp³-hybridized carbons (Fsp3) is 0.425. The van der Waals surface area contributed by atoms with Crippen LogP contribution in [0, 0.1) is 0 Å². The van der Waals surface area contributed by atoms with Crippen molar-refractivity contribution in [2.45, 2.75) is 52.5 Å². The Morgan fingerprint density at radius 2 is 1.67 bits per heavy atom. The largest absolute Gasteiger partial charge is 0.387 e. The number of carbonyl (C=O) groups excluding carboxylic acids is 7. The summed E-state index contributed by atoms with van der Waals surface area (Å²) >= 11 is 0. The molecule has 6 amide bonds. The van der Waals surface area contributed by atoms with E-state index in [9.17, 15) is 33.6 Å². The van der Waals surface area contributed by atoms with Crippen molar-refractivity contribution in [2.75, 3.05) is 64.5 Å². The van der Waals surface area contributed by atoms with E-state index in [1.54, 1.807) is 28.0 Å². The molecule has 4 heterocycles. The number of nitrogens with two attached hydrogens (primary N) is 1. The molecule has 2 aromatic rings. The number of imide groups is 1. The molecule has 0 spiro atoms. The number of rotatable bonds is 19. The number of nitrogens with zero attached hydrogens (tertiary/aromatic N) is 5. The van der Waals surface area contributed by atoms with E-state index in [0.717, 1.165) is 41.2 Å². The van der Waals surface area contributed by atoms with Crippen LogP contribution in [-0.4, -0.2) is 126 Å². The third kappa shape index (κ3) is 11.5. The molecule has 4 N–H and O–H groups in total. The number of hydrogen-bond acceptors (Lipinski definition) is 12. The number of anilines is 1. The molecule has 0 bridgehead atoms. The predicted molar refractivity (Wildman–Crippen MR) is 209 cm³/mol. The van der Waals surface area contributed by atoms with Gasteiger partial charge >= 0.3 is 0 Å². The van der Waals surface area contributed by atoms with E-state index in [4.69, 9.17) is 15.2 Å². The maximum Gasteiger partial charge on any atom is 0.296 e. The lowest BCUT2D eigenvalue weighted by Crippen LogP contribution is -2.41. The molecule has 0 atom stereocenters. The third-order valence-electron chi connectivity index (χ3n) is 9.27. The fourth-order valence-corrected chi connectivity index (χ4v) is 6.44. The first-order chi connectivity index (χ1) is 27.5. The summed E-state index contributed by atoms with van der Waals surface area (Å²) in [4.78, 5) is 101. The Bertz CT molecular complexity index is 1970. The summed E-state index contributed by atoms with van der Waals surface area (Å²) in [5, 5.41) is 5.20. The van der Waals surface area contributed by atoms with Crippen molar-refractivity contribution in [1.82, 2.24) is 25.0 Å². The topological polar surface area (TPSA) is 223 Å². The van der Waals surface area contributed by atoms with E-state index in [1.165, 1.54) is 18.3 Å². The summed E-state index contributed by atoms with van der Waals surface area (Å²) in [6.45, 7) is 6.73. The van der Waals surface area contributed by atoms with Crippen molar-refractivity contribution in [1.29, 1.82) is 0 Å². The molecule has 0 saturated carbocycles. The number of Topliss-reactive ketones (excluding diaryl/α,β-unsaturated/α-hetero) is 1. The van der Waals surface area contributed by atoms with Crippen molar-refractivity contribution in [2.24, 2.45) is 10.7 Å². The Morgan fingerprint density at radius 3 is 2.39 bits per heavy atom. The number of pyridine rings is 1. The Kier molecular flexibility index (Phi) is 14.9. The van der Waals surface area contributed by atoms with Crippen molar-refractivity contribution in [3.63, 3.8) is 0 Å². The van der Waals surface area contributed by atoms with Gasteiger partial charge in [-0.15, -0.1) is 0 Å². The SMILES string of the molecule is CCCN(CCC)C(=O)C1=Cc2ccc(C(=O)C(=O)Nc3cnc4c(c3)CN(C(=O)CCOCCOCCNC(=O)CN3C(=O)C=CC3=O)CC4)cc2N=C(N)C1. The van der Waals surface area contributed by atoms with Crippen molar-refractivity contribution in [3.05, 3.63) is 70.6 Å². The van der Waals surface area contributed by atoms with Crippen LogP contribution in [0.2, 0.25) is 0 Å². The second kappa shape index (κ2) is 20.2. The molecule has 17 nitrogen and oxygen atoms in total. The van der Waals surface area contributed by atoms with Crippen LogP contribution in [0.3, 0.4) is 0 Å². The van der Waals surface area contributed by atoms with E-state index in [2.05, 4.69) is 20.6 Å². The molecule has 1 aromatic carbocycles. The molecule has 302 valence electrons. The molecule has 57 heavy (non-hydrogen) atoms. The molecule has 0 aliphatic carbocycles. The molecule has 0 saturated heterocycles. The van der Waals surface area contributed by atoms with Crippen LogP contribution < -0.4 is 16.4 Å². The predicted octanol–water partition coefficient (Wildman–Crippen LogP) is 1.68. The minimum atomic E-state index is -0.872. The zero-order valence-corrected chi connectivity index (χ0v) is 32.2. The number of nitrogens with one attached hydrogen (secondary N) is 2. The zero-order valence-electron chi connectivity index (χ0n) is 32.2. The number of amides is 6. The Balaban J connectivity index is 1.05. The molecular weight excluding hydrogens is 736 g/mol. The smallest absolute Gasteiger partial charge is 0.296 e. The highest BCUT2D eigenvalue weighted by Crippen LogP contribution is 2.29. The number of ketones is 1. The molecular formula is C40H48N8O9. The number of amidine groups is 1. The third-order valence-corrected chi connectivity index (χ3v) is 9.27. The second-order valence-electron chi connectivity index (χ2n) is 13.6. The molecule has 3 aliphatic rings. The zero-order chi connectivity index (χ0) is 40.9. The van der Waals surface area contributed by atoms with Gasteiger partial charge in [0, 0.05) is 80.1 Å². The fourth-order valence-electron chi connectivity index (χ4n) is 6.44. The summed E-state index contributed by atoms with van der Waals surface area (Å²) in [6, 6.07) is 6.37. The number of benzene rings is 1. The number of carbonyl (C=O) groups is 7. The van der Waals surface area contributed by atoms with E-state index in [1.807, 2.05) is 13.8 Å². The minimum absolute atomic E-state index is 0.101. The Labute approximate surface area is 330 Å². The van der Waals surface area contributed by atoms with Crippen LogP contribution in [0.5, 0.6) is 0 Å². The van der Waals surface area contributed by atoms with Crippen molar-refractivity contribution >= 4 is 64.5 Å². The van der Waals surface area contributed by atoms with Crippen LogP contribution in [0.1, 0.15) is 66.7 Å². The highest BCUT2D eigenvalue weighted by Gasteiger charge is 2.27. The molecule has 5 rings (SSSR count). The lowest BCUT2D eigenvalue weighted by molar-refractivity contribution is -0.141. The Morgan fingerprint density at radius 1 is 0.947 bits per heavy atom.